The summed E-state index contributed by atoms with van der Waals surface area (Å²) in [5.74, 6) is -0.425. The lowest BCUT2D eigenvalue weighted by Crippen LogP contribution is -2.45. The fourth-order valence-electron chi connectivity index (χ4n) is 2.66. The minimum atomic E-state index is -3.84. The topological polar surface area (TPSA) is 75.3 Å². The first kappa shape index (κ1) is 20.3. The van der Waals surface area contributed by atoms with Gasteiger partial charge in [0.1, 0.15) is 6.04 Å². The van der Waals surface area contributed by atoms with E-state index in [0.717, 1.165) is 10.0 Å². The van der Waals surface area contributed by atoms with Crippen LogP contribution in [-0.2, 0) is 21.2 Å². The summed E-state index contributed by atoms with van der Waals surface area (Å²) in [6.45, 7) is 0. The van der Waals surface area contributed by atoms with E-state index in [1.165, 1.54) is 12.1 Å². The van der Waals surface area contributed by atoms with E-state index in [4.69, 9.17) is 0 Å². The predicted molar refractivity (Wildman–Crippen MR) is 113 cm³/mol. The third-order valence-electron chi connectivity index (χ3n) is 4.06. The van der Waals surface area contributed by atoms with Gasteiger partial charge in [-0.1, -0.05) is 64.5 Å². The van der Waals surface area contributed by atoms with Gasteiger partial charge in [0.15, 0.2) is 0 Å². The van der Waals surface area contributed by atoms with Crippen LogP contribution in [0.1, 0.15) is 5.56 Å². The van der Waals surface area contributed by atoms with Gasteiger partial charge in [0, 0.05) is 10.2 Å². The van der Waals surface area contributed by atoms with Crippen molar-refractivity contribution in [1.82, 2.24) is 4.72 Å². The second kappa shape index (κ2) is 9.14. The highest BCUT2D eigenvalue weighted by atomic mass is 79.9. The molecule has 3 rings (SSSR count). The van der Waals surface area contributed by atoms with Crippen molar-refractivity contribution in [2.75, 3.05) is 5.32 Å². The molecule has 1 atom stereocenters. The molecular formula is C21H19BrN2O3S. The zero-order valence-corrected chi connectivity index (χ0v) is 17.3. The molecule has 0 saturated heterocycles. The Kier molecular flexibility index (Phi) is 6.61. The van der Waals surface area contributed by atoms with Gasteiger partial charge in [-0.15, -0.1) is 0 Å². The number of rotatable bonds is 7. The van der Waals surface area contributed by atoms with Crippen molar-refractivity contribution < 1.29 is 13.2 Å². The molecule has 3 aromatic rings. The molecule has 0 aliphatic carbocycles. The molecule has 0 heterocycles. The number of sulfonamides is 1. The van der Waals surface area contributed by atoms with Crippen LogP contribution in [0.5, 0.6) is 0 Å². The second-order valence-electron chi connectivity index (χ2n) is 6.17. The number of carbonyl (C=O) groups is 1. The van der Waals surface area contributed by atoms with Crippen molar-refractivity contribution >= 4 is 37.5 Å². The fraction of sp³-hybridized carbons (Fsp3) is 0.0952. The highest BCUT2D eigenvalue weighted by Crippen LogP contribution is 2.16. The zero-order valence-electron chi connectivity index (χ0n) is 14.9. The molecule has 1 amide bonds. The molecule has 0 saturated carbocycles. The molecule has 144 valence electrons. The Morgan fingerprint density at radius 3 is 2.04 bits per heavy atom. The van der Waals surface area contributed by atoms with Crippen LogP contribution in [0, 0.1) is 0 Å². The predicted octanol–water partition coefficient (Wildman–Crippen LogP) is 3.98. The lowest BCUT2D eigenvalue weighted by Gasteiger charge is -2.19. The molecule has 0 fully saturated rings. The van der Waals surface area contributed by atoms with Crippen LogP contribution in [0.4, 0.5) is 5.69 Å². The molecule has 3 aromatic carbocycles. The Balaban J connectivity index is 1.84. The molecule has 0 aliphatic rings. The minimum absolute atomic E-state index is 0.115. The van der Waals surface area contributed by atoms with Gasteiger partial charge < -0.3 is 5.32 Å². The largest absolute Gasteiger partial charge is 0.325 e. The summed E-state index contributed by atoms with van der Waals surface area (Å²) in [6.07, 6.45) is 0.231. The highest BCUT2D eigenvalue weighted by Gasteiger charge is 2.26. The summed E-state index contributed by atoms with van der Waals surface area (Å²) in [4.78, 5) is 13.0. The lowest BCUT2D eigenvalue weighted by molar-refractivity contribution is -0.117. The summed E-state index contributed by atoms with van der Waals surface area (Å²) in [5, 5.41) is 2.78. The van der Waals surface area contributed by atoms with Crippen molar-refractivity contribution in [3.05, 3.63) is 95.0 Å². The van der Waals surface area contributed by atoms with Crippen LogP contribution in [0.2, 0.25) is 0 Å². The fourth-order valence-corrected chi connectivity index (χ4v) is 4.14. The summed E-state index contributed by atoms with van der Waals surface area (Å²) in [7, 11) is -3.84. The summed E-state index contributed by atoms with van der Waals surface area (Å²) < 4.78 is 28.9. The number of benzene rings is 3. The average molecular weight is 459 g/mol. The van der Waals surface area contributed by atoms with Crippen LogP contribution in [-0.4, -0.2) is 20.4 Å². The van der Waals surface area contributed by atoms with E-state index in [1.807, 2.05) is 30.3 Å². The summed E-state index contributed by atoms with van der Waals surface area (Å²) in [5.41, 5.74) is 1.44. The molecule has 5 nitrogen and oxygen atoms in total. The Hall–Kier alpha value is -2.48. The Labute approximate surface area is 173 Å². The lowest BCUT2D eigenvalue weighted by atomic mass is 10.1. The molecule has 0 aromatic heterocycles. The van der Waals surface area contributed by atoms with E-state index in [-0.39, 0.29) is 11.3 Å². The number of carbonyl (C=O) groups excluding carboxylic acids is 1. The van der Waals surface area contributed by atoms with Crippen LogP contribution in [0.15, 0.2) is 94.3 Å². The molecule has 0 bridgehead atoms. The standard InChI is InChI=1S/C21H19BrN2O3S/c22-17-11-13-18(14-12-17)23-21(25)20(15-16-7-3-1-4-8-16)24-28(26,27)19-9-5-2-6-10-19/h1-14,20,24H,15H2,(H,23,25)/t20-/m0/s1. The normalized spacial score (nSPS) is 12.3. The summed E-state index contributed by atoms with van der Waals surface area (Å²) >= 11 is 3.35. The van der Waals surface area contributed by atoms with Crippen LogP contribution < -0.4 is 10.0 Å². The van der Waals surface area contributed by atoms with E-state index >= 15 is 0 Å². The number of amides is 1. The monoisotopic (exact) mass is 458 g/mol. The molecule has 28 heavy (non-hydrogen) atoms. The number of nitrogens with one attached hydrogen (secondary N) is 2. The molecule has 0 unspecified atom stereocenters. The van der Waals surface area contributed by atoms with E-state index in [9.17, 15) is 13.2 Å². The van der Waals surface area contributed by atoms with Crippen molar-refractivity contribution in [3.63, 3.8) is 0 Å². The third kappa shape index (κ3) is 5.51. The molecule has 7 heteroatoms. The van der Waals surface area contributed by atoms with Crippen molar-refractivity contribution in [2.45, 2.75) is 17.4 Å². The first-order chi connectivity index (χ1) is 13.4. The van der Waals surface area contributed by atoms with E-state index in [2.05, 4.69) is 26.0 Å². The molecule has 0 aliphatic heterocycles. The van der Waals surface area contributed by atoms with Crippen molar-refractivity contribution in [2.24, 2.45) is 0 Å². The Morgan fingerprint density at radius 2 is 1.43 bits per heavy atom. The van der Waals surface area contributed by atoms with Gasteiger partial charge in [-0.3, -0.25) is 4.79 Å². The Morgan fingerprint density at radius 1 is 0.857 bits per heavy atom. The van der Waals surface area contributed by atoms with Crippen LogP contribution in [0.25, 0.3) is 0 Å². The van der Waals surface area contributed by atoms with E-state index in [0.29, 0.717) is 5.69 Å². The maximum Gasteiger partial charge on any atom is 0.242 e. The van der Waals surface area contributed by atoms with Crippen molar-refractivity contribution in [1.29, 1.82) is 0 Å². The SMILES string of the molecule is O=C(Nc1ccc(Br)cc1)[C@H](Cc1ccccc1)NS(=O)(=O)c1ccccc1. The second-order valence-corrected chi connectivity index (χ2v) is 8.80. The van der Waals surface area contributed by atoms with E-state index in [1.54, 1.807) is 42.5 Å². The smallest absolute Gasteiger partial charge is 0.242 e. The van der Waals surface area contributed by atoms with Gasteiger partial charge in [-0.05, 0) is 48.4 Å². The number of hydrogen-bond acceptors (Lipinski definition) is 3. The van der Waals surface area contributed by atoms with Crippen LogP contribution >= 0.6 is 15.9 Å². The number of halogens is 1. The van der Waals surface area contributed by atoms with Gasteiger partial charge in [0.05, 0.1) is 4.90 Å². The molecule has 0 radical (unpaired) electrons. The highest BCUT2D eigenvalue weighted by molar-refractivity contribution is 9.10. The van der Waals surface area contributed by atoms with Gasteiger partial charge >= 0.3 is 0 Å². The zero-order chi connectivity index (χ0) is 20.0. The molecule has 2 N–H and O–H groups in total. The number of hydrogen-bond donors (Lipinski definition) is 2. The van der Waals surface area contributed by atoms with Gasteiger partial charge in [0.25, 0.3) is 0 Å². The van der Waals surface area contributed by atoms with E-state index < -0.39 is 22.0 Å². The molecular weight excluding hydrogens is 440 g/mol. The Bertz CT molecular complexity index is 1020. The quantitative estimate of drug-likeness (QED) is 0.562. The van der Waals surface area contributed by atoms with Crippen molar-refractivity contribution in [3.8, 4) is 0 Å². The molecule has 0 spiro atoms. The van der Waals surface area contributed by atoms with Gasteiger partial charge in [-0.25, -0.2) is 8.42 Å². The first-order valence-corrected chi connectivity index (χ1v) is 10.9. The maximum absolute atomic E-state index is 12.9. The van der Waals surface area contributed by atoms with Gasteiger partial charge in [0.2, 0.25) is 15.9 Å². The van der Waals surface area contributed by atoms with Gasteiger partial charge in [-0.2, -0.15) is 4.72 Å². The average Bonchev–Trinajstić information content (AvgIpc) is 2.70. The number of anilines is 1. The first-order valence-electron chi connectivity index (χ1n) is 8.62. The summed E-state index contributed by atoms with van der Waals surface area (Å²) in [6, 6.07) is 23.4. The van der Waals surface area contributed by atoms with Crippen LogP contribution in [0.3, 0.4) is 0 Å². The minimum Gasteiger partial charge on any atom is -0.325 e. The maximum atomic E-state index is 12.9. The third-order valence-corrected chi connectivity index (χ3v) is 6.08.